The number of fused-ring (bicyclic) bond motifs is 3. The summed E-state index contributed by atoms with van der Waals surface area (Å²) in [5.74, 6) is 2.00. The van der Waals surface area contributed by atoms with Crippen LogP contribution in [0.5, 0.6) is 11.5 Å². The van der Waals surface area contributed by atoms with Gasteiger partial charge in [-0.15, -0.1) is 0 Å². The lowest BCUT2D eigenvalue weighted by Crippen LogP contribution is -2.52. The van der Waals surface area contributed by atoms with E-state index in [-0.39, 0.29) is 0 Å². The van der Waals surface area contributed by atoms with Crippen molar-refractivity contribution >= 4 is 11.8 Å². The summed E-state index contributed by atoms with van der Waals surface area (Å²) in [4.78, 5) is 4.81. The van der Waals surface area contributed by atoms with Crippen molar-refractivity contribution in [3.63, 3.8) is 0 Å². The molecule has 1 N–H and O–H groups in total. The van der Waals surface area contributed by atoms with E-state index in [4.69, 9.17) is 4.74 Å². The third-order valence-corrected chi connectivity index (χ3v) is 5.80. The van der Waals surface area contributed by atoms with Crippen LogP contribution >= 0.6 is 11.8 Å². The number of hydrogen-bond donors (Lipinski definition) is 1. The molecule has 1 unspecified atom stereocenters. The van der Waals surface area contributed by atoms with Crippen LogP contribution < -0.4 is 4.74 Å². The van der Waals surface area contributed by atoms with Crippen LogP contribution in [0, 0.1) is 5.92 Å². The molecule has 3 heterocycles. The Balaban J connectivity index is 1.39. The molecule has 0 saturated carbocycles. The summed E-state index contributed by atoms with van der Waals surface area (Å²) in [7, 11) is 0. The molecule has 3 aliphatic heterocycles. The molecule has 0 aliphatic carbocycles. The average molecular weight is 327 g/mol. The molecule has 0 aromatic heterocycles. The summed E-state index contributed by atoms with van der Waals surface area (Å²) < 4.78 is 6.23. The number of phenols is 1. The number of rotatable bonds is 4. The number of aromatic hydroxyl groups is 1. The van der Waals surface area contributed by atoms with E-state index >= 15 is 0 Å². The molecule has 120 valence electrons. The van der Waals surface area contributed by atoms with Gasteiger partial charge in [0, 0.05) is 16.3 Å². The van der Waals surface area contributed by atoms with Crippen LogP contribution in [0.4, 0.5) is 0 Å². The van der Waals surface area contributed by atoms with Gasteiger partial charge in [0.1, 0.15) is 17.6 Å². The molecule has 23 heavy (non-hydrogen) atoms. The molecule has 2 bridgehead atoms. The van der Waals surface area contributed by atoms with E-state index in [2.05, 4.69) is 29.2 Å². The highest BCUT2D eigenvalue weighted by Crippen LogP contribution is 2.33. The molecule has 5 rings (SSSR count). The van der Waals surface area contributed by atoms with Crippen LogP contribution in [0.1, 0.15) is 12.8 Å². The predicted octanol–water partition coefficient (Wildman–Crippen LogP) is 4.02. The van der Waals surface area contributed by atoms with Crippen molar-refractivity contribution < 1.29 is 9.84 Å². The van der Waals surface area contributed by atoms with Gasteiger partial charge in [-0.05, 0) is 80.4 Å². The fraction of sp³-hybridized carbons (Fsp3) is 0.368. The van der Waals surface area contributed by atoms with Crippen molar-refractivity contribution in [3.05, 3.63) is 48.5 Å². The number of piperidine rings is 3. The fourth-order valence-corrected chi connectivity index (χ4v) is 4.27. The van der Waals surface area contributed by atoms with E-state index in [9.17, 15) is 5.11 Å². The van der Waals surface area contributed by atoms with Gasteiger partial charge in [-0.3, -0.25) is 4.90 Å². The predicted molar refractivity (Wildman–Crippen MR) is 92.3 cm³/mol. The molecule has 3 nitrogen and oxygen atoms in total. The van der Waals surface area contributed by atoms with E-state index in [1.165, 1.54) is 30.8 Å². The largest absolute Gasteiger partial charge is 0.508 e. The van der Waals surface area contributed by atoms with E-state index in [1.807, 2.05) is 12.1 Å². The zero-order valence-corrected chi connectivity index (χ0v) is 13.8. The van der Waals surface area contributed by atoms with Crippen LogP contribution in [0.2, 0.25) is 0 Å². The van der Waals surface area contributed by atoms with Crippen LogP contribution in [0.3, 0.4) is 0 Å². The molecule has 3 aliphatic rings. The summed E-state index contributed by atoms with van der Waals surface area (Å²) >= 11 is 1.69. The van der Waals surface area contributed by atoms with Gasteiger partial charge < -0.3 is 9.84 Å². The summed E-state index contributed by atoms with van der Waals surface area (Å²) in [5, 5.41) is 9.33. The minimum absolute atomic E-state index is 0.301. The van der Waals surface area contributed by atoms with Crippen molar-refractivity contribution in [2.45, 2.75) is 28.7 Å². The maximum absolute atomic E-state index is 9.33. The van der Waals surface area contributed by atoms with Crippen molar-refractivity contribution in [3.8, 4) is 11.5 Å². The quantitative estimate of drug-likeness (QED) is 0.919. The van der Waals surface area contributed by atoms with Crippen LogP contribution in [0.15, 0.2) is 58.3 Å². The Hall–Kier alpha value is -1.65. The minimum Gasteiger partial charge on any atom is -0.508 e. The molecule has 2 aromatic rings. The van der Waals surface area contributed by atoms with Crippen LogP contribution in [0.25, 0.3) is 0 Å². The Morgan fingerprint density at radius 2 is 1.52 bits per heavy atom. The van der Waals surface area contributed by atoms with Gasteiger partial charge in [-0.25, -0.2) is 0 Å². The monoisotopic (exact) mass is 327 g/mol. The molecule has 0 amide bonds. The van der Waals surface area contributed by atoms with Gasteiger partial charge in [0.2, 0.25) is 0 Å². The van der Waals surface area contributed by atoms with Gasteiger partial charge in [0.25, 0.3) is 0 Å². The first-order valence-corrected chi connectivity index (χ1v) is 9.04. The summed E-state index contributed by atoms with van der Waals surface area (Å²) in [5.41, 5.74) is 0. The second kappa shape index (κ2) is 6.46. The molecule has 4 heteroatoms. The number of hydrogen-bond acceptors (Lipinski definition) is 4. The molecule has 1 atom stereocenters. The van der Waals surface area contributed by atoms with E-state index in [1.54, 1.807) is 23.9 Å². The average Bonchev–Trinajstić information content (AvgIpc) is 2.60. The Bertz CT molecular complexity index is 648. The van der Waals surface area contributed by atoms with Gasteiger partial charge >= 0.3 is 0 Å². The van der Waals surface area contributed by atoms with Crippen LogP contribution in [-0.4, -0.2) is 35.7 Å². The lowest BCUT2D eigenvalue weighted by molar-refractivity contribution is -0.00778. The molecular formula is C19H21NO2S. The summed E-state index contributed by atoms with van der Waals surface area (Å²) in [6.07, 6.45) is 2.91. The van der Waals surface area contributed by atoms with Crippen molar-refractivity contribution in [1.29, 1.82) is 0 Å². The SMILES string of the molecule is Oc1ccc(Sc2ccc(OC3CN4CCC3CC4)cc2)cc1. The topological polar surface area (TPSA) is 32.7 Å². The number of benzene rings is 2. The summed E-state index contributed by atoms with van der Waals surface area (Å²) in [6, 6.07) is 15.6. The summed E-state index contributed by atoms with van der Waals surface area (Å²) in [6.45, 7) is 3.56. The smallest absolute Gasteiger partial charge is 0.119 e. The van der Waals surface area contributed by atoms with Gasteiger partial charge in [-0.1, -0.05) is 11.8 Å². The number of ether oxygens (including phenoxy) is 1. The third kappa shape index (κ3) is 3.48. The lowest BCUT2D eigenvalue weighted by atomic mass is 9.86. The van der Waals surface area contributed by atoms with E-state index < -0.39 is 0 Å². The van der Waals surface area contributed by atoms with Gasteiger partial charge in [0.05, 0.1) is 0 Å². The standard InChI is InChI=1S/C19H21NO2S/c21-15-1-5-17(6-2-15)23-18-7-3-16(4-8-18)22-19-13-20-11-9-14(19)10-12-20/h1-8,14,19,21H,9-13H2. The molecule has 0 radical (unpaired) electrons. The lowest BCUT2D eigenvalue weighted by Gasteiger charge is -2.44. The van der Waals surface area contributed by atoms with Gasteiger partial charge in [0.15, 0.2) is 0 Å². The highest BCUT2D eigenvalue weighted by molar-refractivity contribution is 7.99. The molecule has 2 aromatic carbocycles. The zero-order valence-electron chi connectivity index (χ0n) is 13.0. The van der Waals surface area contributed by atoms with Crippen molar-refractivity contribution in [1.82, 2.24) is 4.90 Å². The third-order valence-electron chi connectivity index (χ3n) is 4.78. The Kier molecular flexibility index (Phi) is 4.19. The second-order valence-electron chi connectivity index (χ2n) is 6.36. The number of phenolic OH excluding ortho intramolecular Hbond substituents is 1. The highest BCUT2D eigenvalue weighted by atomic mass is 32.2. The van der Waals surface area contributed by atoms with Crippen molar-refractivity contribution in [2.75, 3.05) is 19.6 Å². The first-order chi connectivity index (χ1) is 11.3. The fourth-order valence-electron chi connectivity index (χ4n) is 3.46. The Morgan fingerprint density at radius 3 is 2.09 bits per heavy atom. The van der Waals surface area contributed by atoms with Crippen LogP contribution in [-0.2, 0) is 0 Å². The zero-order chi connectivity index (χ0) is 15.6. The Labute approximate surface area is 141 Å². The first-order valence-electron chi connectivity index (χ1n) is 8.22. The van der Waals surface area contributed by atoms with Gasteiger partial charge in [-0.2, -0.15) is 0 Å². The normalized spacial score (nSPS) is 26.2. The number of nitrogens with zero attached hydrogens (tertiary/aromatic N) is 1. The first kappa shape index (κ1) is 14.9. The maximum Gasteiger partial charge on any atom is 0.119 e. The molecule has 0 spiro atoms. The van der Waals surface area contributed by atoms with Crippen molar-refractivity contribution in [2.24, 2.45) is 5.92 Å². The highest BCUT2D eigenvalue weighted by Gasteiger charge is 2.35. The second-order valence-corrected chi connectivity index (χ2v) is 7.51. The van der Waals surface area contributed by atoms with E-state index in [0.29, 0.717) is 11.9 Å². The molecule has 3 saturated heterocycles. The molecule has 3 fully saturated rings. The minimum atomic E-state index is 0.301. The molecular weight excluding hydrogens is 306 g/mol. The van der Waals surface area contributed by atoms with E-state index in [0.717, 1.165) is 23.1 Å². The maximum atomic E-state index is 9.33. The Morgan fingerprint density at radius 1 is 0.913 bits per heavy atom.